The molecule has 0 amide bonds. The van der Waals surface area contributed by atoms with Gasteiger partial charge in [0.15, 0.2) is 0 Å². The molecule has 0 spiro atoms. The lowest BCUT2D eigenvalue weighted by Crippen LogP contribution is -2.37. The number of esters is 2. The van der Waals surface area contributed by atoms with E-state index in [1.54, 1.807) is 0 Å². The Bertz CT molecular complexity index is 462. The van der Waals surface area contributed by atoms with E-state index in [1.807, 2.05) is 0 Å². The van der Waals surface area contributed by atoms with Gasteiger partial charge in [0.1, 0.15) is 0 Å². The molecule has 1 heterocycles. The van der Waals surface area contributed by atoms with E-state index >= 15 is 0 Å². The van der Waals surface area contributed by atoms with Crippen molar-refractivity contribution in [2.75, 3.05) is 13.2 Å². The van der Waals surface area contributed by atoms with Crippen LogP contribution < -0.4 is 0 Å². The Hall–Kier alpha value is -1.10. The van der Waals surface area contributed by atoms with Crippen LogP contribution in [0.5, 0.6) is 0 Å². The highest BCUT2D eigenvalue weighted by Crippen LogP contribution is 2.43. The third-order valence-corrected chi connectivity index (χ3v) is 6.74. The Balaban J connectivity index is 1.61. The van der Waals surface area contributed by atoms with Crippen LogP contribution in [0.4, 0.5) is 0 Å². The van der Waals surface area contributed by atoms with Crippen LogP contribution in [0.1, 0.15) is 117 Å². The summed E-state index contributed by atoms with van der Waals surface area (Å²) in [7, 11) is 0. The zero-order valence-corrected chi connectivity index (χ0v) is 20.1. The van der Waals surface area contributed by atoms with E-state index in [-0.39, 0.29) is 24.1 Å². The van der Waals surface area contributed by atoms with Crippen LogP contribution in [0.3, 0.4) is 0 Å². The Morgan fingerprint density at radius 1 is 0.613 bits per heavy atom. The SMILES string of the molecule is CCCCCCCCCOC(=O)C1CC2OC2CC1C(=O)OCCCCCCCCC. The fraction of sp³-hybridized carbons (Fsp3) is 0.923. The molecule has 0 aromatic rings. The maximum atomic E-state index is 12.7. The fourth-order valence-electron chi connectivity index (χ4n) is 4.62. The summed E-state index contributed by atoms with van der Waals surface area (Å²) in [5.41, 5.74) is 0. The van der Waals surface area contributed by atoms with Crippen molar-refractivity contribution in [2.45, 2.75) is 129 Å². The smallest absolute Gasteiger partial charge is 0.309 e. The first kappa shape index (κ1) is 26.2. The summed E-state index contributed by atoms with van der Waals surface area (Å²) in [5.74, 6) is -1.29. The zero-order valence-electron chi connectivity index (χ0n) is 20.1. The second kappa shape index (κ2) is 15.7. The van der Waals surface area contributed by atoms with E-state index in [1.165, 1.54) is 64.2 Å². The van der Waals surface area contributed by atoms with Crippen molar-refractivity contribution in [1.29, 1.82) is 0 Å². The first-order chi connectivity index (χ1) is 15.2. The molecular formula is C26H46O5. The van der Waals surface area contributed by atoms with Gasteiger partial charge in [0.2, 0.25) is 0 Å². The first-order valence-electron chi connectivity index (χ1n) is 13.2. The zero-order chi connectivity index (χ0) is 22.3. The number of unbranched alkanes of at least 4 members (excludes halogenated alkanes) is 12. The molecule has 2 rings (SSSR count). The van der Waals surface area contributed by atoms with Gasteiger partial charge in [0.25, 0.3) is 0 Å². The summed E-state index contributed by atoms with van der Waals surface area (Å²) in [6.45, 7) is 5.35. The van der Waals surface area contributed by atoms with Crippen LogP contribution in [-0.2, 0) is 23.8 Å². The van der Waals surface area contributed by atoms with Crippen molar-refractivity contribution < 1.29 is 23.8 Å². The number of hydrogen-bond acceptors (Lipinski definition) is 5. The molecule has 4 atom stereocenters. The summed E-state index contributed by atoms with van der Waals surface area (Å²) in [6, 6.07) is 0. The van der Waals surface area contributed by atoms with E-state index in [0.29, 0.717) is 26.1 Å². The van der Waals surface area contributed by atoms with Gasteiger partial charge in [-0.05, 0) is 25.7 Å². The fourth-order valence-corrected chi connectivity index (χ4v) is 4.62. The van der Waals surface area contributed by atoms with Crippen LogP contribution >= 0.6 is 0 Å². The summed E-state index contributed by atoms with van der Waals surface area (Å²) in [5, 5.41) is 0. The normalized spacial score (nSPS) is 24.5. The minimum absolute atomic E-state index is 0.128. The Morgan fingerprint density at radius 2 is 0.968 bits per heavy atom. The van der Waals surface area contributed by atoms with Crippen LogP contribution in [0.15, 0.2) is 0 Å². The van der Waals surface area contributed by atoms with Crippen LogP contribution in [-0.4, -0.2) is 37.4 Å². The molecular weight excluding hydrogens is 392 g/mol. The van der Waals surface area contributed by atoms with Crippen molar-refractivity contribution in [1.82, 2.24) is 0 Å². The monoisotopic (exact) mass is 438 g/mol. The number of fused-ring (bicyclic) bond motifs is 1. The lowest BCUT2D eigenvalue weighted by atomic mass is 9.79. The molecule has 0 bridgehead atoms. The number of carbonyl (C=O) groups excluding carboxylic acids is 2. The Labute approximate surface area is 190 Å². The molecule has 5 heteroatoms. The lowest BCUT2D eigenvalue weighted by molar-refractivity contribution is -0.162. The maximum Gasteiger partial charge on any atom is 0.309 e. The molecule has 2 aliphatic rings. The molecule has 1 aliphatic heterocycles. The van der Waals surface area contributed by atoms with Gasteiger partial charge in [-0.15, -0.1) is 0 Å². The number of carbonyl (C=O) groups is 2. The van der Waals surface area contributed by atoms with E-state index in [0.717, 1.165) is 25.7 Å². The standard InChI is InChI=1S/C26H46O5/c1-3-5-7-9-11-13-15-17-29-25(27)21-19-23-24(31-23)20-22(21)26(28)30-18-16-14-12-10-8-6-4-2/h21-24H,3-20H2,1-2H3. The van der Waals surface area contributed by atoms with Crippen molar-refractivity contribution in [2.24, 2.45) is 11.8 Å². The highest BCUT2D eigenvalue weighted by molar-refractivity contribution is 5.82. The second-order valence-corrected chi connectivity index (χ2v) is 9.48. The van der Waals surface area contributed by atoms with Crippen LogP contribution in [0.2, 0.25) is 0 Å². The van der Waals surface area contributed by atoms with Gasteiger partial charge in [-0.1, -0.05) is 90.9 Å². The molecule has 0 aromatic carbocycles. The van der Waals surface area contributed by atoms with Gasteiger partial charge in [-0.2, -0.15) is 0 Å². The van der Waals surface area contributed by atoms with Gasteiger partial charge in [0, 0.05) is 0 Å². The van der Waals surface area contributed by atoms with E-state index < -0.39 is 11.8 Å². The van der Waals surface area contributed by atoms with Crippen molar-refractivity contribution in [3.05, 3.63) is 0 Å². The molecule has 1 saturated carbocycles. The molecule has 5 nitrogen and oxygen atoms in total. The van der Waals surface area contributed by atoms with Crippen LogP contribution in [0.25, 0.3) is 0 Å². The van der Waals surface area contributed by atoms with E-state index in [4.69, 9.17) is 14.2 Å². The average molecular weight is 439 g/mol. The van der Waals surface area contributed by atoms with Gasteiger partial charge in [-0.25, -0.2) is 0 Å². The predicted octanol–water partition coefficient (Wildman–Crippen LogP) is 6.37. The molecule has 2 fully saturated rings. The summed E-state index contributed by atoms with van der Waals surface area (Å²) in [6.07, 6.45) is 18.1. The largest absolute Gasteiger partial charge is 0.465 e. The third kappa shape index (κ3) is 10.4. The molecule has 0 aromatic heterocycles. The minimum atomic E-state index is -0.408. The maximum absolute atomic E-state index is 12.7. The summed E-state index contributed by atoms with van der Waals surface area (Å²) in [4.78, 5) is 25.3. The summed E-state index contributed by atoms with van der Waals surface area (Å²) < 4.78 is 16.7. The second-order valence-electron chi connectivity index (χ2n) is 9.48. The molecule has 31 heavy (non-hydrogen) atoms. The highest BCUT2D eigenvalue weighted by atomic mass is 16.6. The molecule has 4 unspecified atom stereocenters. The first-order valence-corrected chi connectivity index (χ1v) is 13.2. The average Bonchev–Trinajstić information content (AvgIpc) is 3.55. The predicted molar refractivity (Wildman–Crippen MR) is 123 cm³/mol. The molecule has 0 N–H and O–H groups in total. The topological polar surface area (TPSA) is 65.1 Å². The number of epoxide rings is 1. The highest BCUT2D eigenvalue weighted by Gasteiger charge is 2.53. The number of rotatable bonds is 18. The van der Waals surface area contributed by atoms with Crippen molar-refractivity contribution in [3.63, 3.8) is 0 Å². The Morgan fingerprint density at radius 3 is 1.35 bits per heavy atom. The quantitative estimate of drug-likeness (QED) is 0.141. The lowest BCUT2D eigenvalue weighted by Gasteiger charge is -2.26. The third-order valence-electron chi connectivity index (χ3n) is 6.74. The van der Waals surface area contributed by atoms with Gasteiger partial charge in [0.05, 0.1) is 37.3 Å². The van der Waals surface area contributed by atoms with Crippen molar-refractivity contribution in [3.8, 4) is 0 Å². The van der Waals surface area contributed by atoms with Crippen molar-refractivity contribution >= 4 is 11.9 Å². The minimum Gasteiger partial charge on any atom is -0.465 e. The van der Waals surface area contributed by atoms with E-state index in [9.17, 15) is 9.59 Å². The van der Waals surface area contributed by atoms with Gasteiger partial charge < -0.3 is 14.2 Å². The van der Waals surface area contributed by atoms with Gasteiger partial charge >= 0.3 is 11.9 Å². The molecule has 180 valence electrons. The number of ether oxygens (including phenoxy) is 3. The number of hydrogen-bond donors (Lipinski definition) is 0. The summed E-state index contributed by atoms with van der Waals surface area (Å²) >= 11 is 0. The van der Waals surface area contributed by atoms with E-state index in [2.05, 4.69) is 13.8 Å². The van der Waals surface area contributed by atoms with Gasteiger partial charge in [-0.3, -0.25) is 9.59 Å². The molecule has 1 aliphatic carbocycles. The molecule has 0 radical (unpaired) electrons. The van der Waals surface area contributed by atoms with Crippen LogP contribution in [0, 0.1) is 11.8 Å². The molecule has 1 saturated heterocycles. The Kier molecular flexibility index (Phi) is 13.2.